The van der Waals surface area contributed by atoms with Crippen LogP contribution in [0.2, 0.25) is 5.02 Å². The first-order chi connectivity index (χ1) is 14.9. The maximum Gasteiger partial charge on any atom is 0.257 e. The Labute approximate surface area is 185 Å². The molecular weight excluding hydrogens is 442 g/mol. The van der Waals surface area contributed by atoms with Crippen molar-refractivity contribution in [1.29, 1.82) is 0 Å². The molecule has 1 aromatic heterocycles. The average Bonchev–Trinajstić information content (AvgIpc) is 3.29. The number of ether oxygens (including phenoxy) is 2. The molecule has 8 nitrogen and oxygen atoms in total. The summed E-state index contributed by atoms with van der Waals surface area (Å²) in [5, 5.41) is 4.74. The number of benzene rings is 2. The highest BCUT2D eigenvalue weighted by atomic mass is 35.5. The number of methoxy groups -OCH3 is 2. The fourth-order valence-electron chi connectivity index (χ4n) is 3.59. The molecule has 0 spiro atoms. The molecule has 10 heteroatoms. The number of aromatic nitrogens is 2. The van der Waals surface area contributed by atoms with Crippen LogP contribution in [0.5, 0.6) is 11.5 Å². The Bertz CT molecular complexity index is 1160. The Hall–Kier alpha value is -2.62. The first-order valence-electron chi connectivity index (χ1n) is 9.74. The number of rotatable bonds is 6. The van der Waals surface area contributed by atoms with Crippen LogP contribution in [-0.4, -0.2) is 50.2 Å². The van der Waals surface area contributed by atoms with E-state index >= 15 is 0 Å². The molecule has 0 saturated carbocycles. The van der Waals surface area contributed by atoms with Gasteiger partial charge in [0.1, 0.15) is 16.4 Å². The Kier molecular flexibility index (Phi) is 6.17. The van der Waals surface area contributed by atoms with E-state index in [9.17, 15) is 8.42 Å². The molecule has 0 bridgehead atoms. The van der Waals surface area contributed by atoms with Crippen LogP contribution < -0.4 is 9.47 Å². The summed E-state index contributed by atoms with van der Waals surface area (Å²) in [5.41, 5.74) is 0.785. The molecule has 164 valence electrons. The van der Waals surface area contributed by atoms with E-state index < -0.39 is 10.0 Å². The lowest BCUT2D eigenvalue weighted by Gasteiger charge is -2.30. The second-order valence-corrected chi connectivity index (χ2v) is 9.50. The van der Waals surface area contributed by atoms with Crippen molar-refractivity contribution in [1.82, 2.24) is 14.4 Å². The van der Waals surface area contributed by atoms with Crippen molar-refractivity contribution < 1.29 is 22.4 Å². The number of sulfonamides is 1. The second kappa shape index (κ2) is 8.86. The van der Waals surface area contributed by atoms with Gasteiger partial charge in [0.2, 0.25) is 10.0 Å². The van der Waals surface area contributed by atoms with Gasteiger partial charge in [-0.1, -0.05) is 16.8 Å². The number of hydrogen-bond donors (Lipinski definition) is 0. The van der Waals surface area contributed by atoms with Crippen LogP contribution in [0.4, 0.5) is 0 Å². The Morgan fingerprint density at radius 2 is 1.77 bits per heavy atom. The van der Waals surface area contributed by atoms with Crippen molar-refractivity contribution in [3.63, 3.8) is 0 Å². The van der Waals surface area contributed by atoms with Crippen LogP contribution in [0.15, 0.2) is 51.9 Å². The molecule has 0 aliphatic carbocycles. The largest absolute Gasteiger partial charge is 0.497 e. The summed E-state index contributed by atoms with van der Waals surface area (Å²) in [6.45, 7) is 0.691. The molecular formula is C21H22ClN3O5S. The third kappa shape index (κ3) is 4.39. The molecule has 31 heavy (non-hydrogen) atoms. The smallest absolute Gasteiger partial charge is 0.257 e. The second-order valence-electron chi connectivity index (χ2n) is 7.16. The molecule has 4 rings (SSSR count). The normalized spacial score (nSPS) is 15.7. The summed E-state index contributed by atoms with van der Waals surface area (Å²) in [6, 6.07) is 11.9. The molecule has 0 radical (unpaired) electrons. The zero-order valence-electron chi connectivity index (χ0n) is 17.1. The molecule has 2 aromatic carbocycles. The highest BCUT2D eigenvalue weighted by Gasteiger charge is 2.33. The van der Waals surface area contributed by atoms with Crippen LogP contribution in [0, 0.1) is 0 Å². The van der Waals surface area contributed by atoms with Crippen molar-refractivity contribution in [2.45, 2.75) is 23.7 Å². The van der Waals surface area contributed by atoms with Crippen LogP contribution in [-0.2, 0) is 10.0 Å². The lowest BCUT2D eigenvalue weighted by molar-refractivity contribution is 0.305. The molecule has 0 atom stereocenters. The van der Waals surface area contributed by atoms with E-state index in [1.54, 1.807) is 24.3 Å². The lowest BCUT2D eigenvalue weighted by Crippen LogP contribution is -2.38. The summed E-state index contributed by atoms with van der Waals surface area (Å²) < 4.78 is 43.8. The lowest BCUT2D eigenvalue weighted by atomic mass is 9.97. The first-order valence-corrected chi connectivity index (χ1v) is 11.6. The molecule has 1 saturated heterocycles. The average molecular weight is 464 g/mol. The van der Waals surface area contributed by atoms with E-state index in [4.69, 9.17) is 25.6 Å². The van der Waals surface area contributed by atoms with Gasteiger partial charge in [-0.2, -0.15) is 9.29 Å². The Morgan fingerprint density at radius 3 is 2.42 bits per heavy atom. The summed E-state index contributed by atoms with van der Waals surface area (Å²) in [5.74, 6) is 1.76. The van der Waals surface area contributed by atoms with E-state index in [0.717, 1.165) is 5.56 Å². The molecule has 1 aliphatic rings. The molecule has 0 unspecified atom stereocenters. The first kappa shape index (κ1) is 21.6. The van der Waals surface area contributed by atoms with Gasteiger partial charge < -0.3 is 14.0 Å². The summed E-state index contributed by atoms with van der Waals surface area (Å²) in [6.07, 6.45) is 1.18. The predicted octanol–water partition coefficient (Wildman–Crippen LogP) is 3.98. The highest BCUT2D eigenvalue weighted by molar-refractivity contribution is 7.89. The molecule has 0 amide bonds. The fourth-order valence-corrected chi connectivity index (χ4v) is 5.36. The predicted molar refractivity (Wildman–Crippen MR) is 115 cm³/mol. The summed E-state index contributed by atoms with van der Waals surface area (Å²) >= 11 is 5.92. The zero-order valence-corrected chi connectivity index (χ0v) is 18.7. The van der Waals surface area contributed by atoms with E-state index in [1.807, 2.05) is 12.1 Å². The van der Waals surface area contributed by atoms with E-state index in [1.165, 1.54) is 24.6 Å². The monoisotopic (exact) mass is 463 g/mol. The third-order valence-electron chi connectivity index (χ3n) is 5.34. The van der Waals surface area contributed by atoms with Crippen molar-refractivity contribution in [2.75, 3.05) is 27.3 Å². The van der Waals surface area contributed by atoms with Gasteiger partial charge in [-0.05, 0) is 49.2 Å². The molecule has 1 aliphatic heterocycles. The van der Waals surface area contributed by atoms with Gasteiger partial charge in [-0.15, -0.1) is 0 Å². The minimum atomic E-state index is -3.73. The van der Waals surface area contributed by atoms with Gasteiger partial charge in [-0.25, -0.2) is 8.42 Å². The SMILES string of the molecule is COc1ccc(OC)c(S(=O)(=O)N2CCC(c3noc(-c4ccc(Cl)cc4)n3)CC2)c1. The van der Waals surface area contributed by atoms with Crippen molar-refractivity contribution in [3.05, 3.63) is 53.3 Å². The van der Waals surface area contributed by atoms with E-state index in [0.29, 0.717) is 48.4 Å². The van der Waals surface area contributed by atoms with Crippen LogP contribution in [0.25, 0.3) is 11.5 Å². The molecule has 0 N–H and O–H groups in total. The van der Waals surface area contributed by atoms with Crippen molar-refractivity contribution in [3.8, 4) is 23.0 Å². The molecule has 3 aromatic rings. The minimum absolute atomic E-state index is 0.0171. The summed E-state index contributed by atoms with van der Waals surface area (Å²) in [4.78, 5) is 4.60. The van der Waals surface area contributed by atoms with Crippen LogP contribution in [0.3, 0.4) is 0 Å². The van der Waals surface area contributed by atoms with E-state index in [2.05, 4.69) is 10.1 Å². The topological polar surface area (TPSA) is 94.8 Å². The summed E-state index contributed by atoms with van der Waals surface area (Å²) in [7, 11) is -0.794. The number of hydrogen-bond acceptors (Lipinski definition) is 7. The van der Waals surface area contributed by atoms with Gasteiger partial charge in [0.05, 0.1) is 14.2 Å². The number of nitrogens with zero attached hydrogens (tertiary/aromatic N) is 3. The van der Waals surface area contributed by atoms with Crippen molar-refractivity contribution in [2.24, 2.45) is 0 Å². The standard InChI is InChI=1S/C21H22ClN3O5S/c1-28-17-7-8-18(29-2)19(13-17)31(26,27)25-11-9-14(10-12-25)20-23-21(30-24-20)15-3-5-16(22)6-4-15/h3-8,13-14H,9-12H2,1-2H3. The molecule has 1 fully saturated rings. The molecule has 2 heterocycles. The van der Waals surface area contributed by atoms with Crippen LogP contribution in [0.1, 0.15) is 24.6 Å². The maximum atomic E-state index is 13.2. The van der Waals surface area contributed by atoms with Gasteiger partial charge in [-0.3, -0.25) is 0 Å². The third-order valence-corrected chi connectivity index (χ3v) is 7.51. The maximum absolute atomic E-state index is 13.2. The highest BCUT2D eigenvalue weighted by Crippen LogP contribution is 2.34. The van der Waals surface area contributed by atoms with Crippen LogP contribution >= 0.6 is 11.6 Å². The number of halogens is 1. The van der Waals surface area contributed by atoms with Gasteiger partial charge >= 0.3 is 0 Å². The fraction of sp³-hybridized carbons (Fsp3) is 0.333. The Balaban J connectivity index is 1.48. The quantitative estimate of drug-likeness (QED) is 0.545. The van der Waals surface area contributed by atoms with E-state index in [-0.39, 0.29) is 16.6 Å². The minimum Gasteiger partial charge on any atom is -0.497 e. The van der Waals surface area contributed by atoms with Gasteiger partial charge in [0, 0.05) is 35.7 Å². The Morgan fingerprint density at radius 1 is 1.06 bits per heavy atom. The van der Waals surface area contributed by atoms with Crippen molar-refractivity contribution >= 4 is 21.6 Å². The van der Waals surface area contributed by atoms with Gasteiger partial charge in [0.15, 0.2) is 5.82 Å². The number of piperidine rings is 1. The van der Waals surface area contributed by atoms with Gasteiger partial charge in [0.25, 0.3) is 5.89 Å². The zero-order chi connectivity index (χ0) is 22.0.